The lowest BCUT2D eigenvalue weighted by Gasteiger charge is -2.14. The van der Waals surface area contributed by atoms with Crippen LogP contribution in [0, 0.1) is 16.4 Å². The Labute approximate surface area is 92.9 Å². The molecule has 0 heterocycles. The molecule has 0 radical (unpaired) electrons. The van der Waals surface area contributed by atoms with E-state index in [0.717, 1.165) is 5.92 Å². The number of aryl methyl sites for hydroxylation is 1. The van der Waals surface area contributed by atoms with Crippen molar-refractivity contribution < 1.29 is 0 Å². The molecule has 0 aromatic heterocycles. The van der Waals surface area contributed by atoms with E-state index < -0.39 is 0 Å². The van der Waals surface area contributed by atoms with Crippen molar-refractivity contribution in [3.05, 3.63) is 32.9 Å². The summed E-state index contributed by atoms with van der Waals surface area (Å²) in [7, 11) is 0. The molecule has 1 aromatic carbocycles. The topological polar surface area (TPSA) is 26.0 Å². The van der Waals surface area contributed by atoms with E-state index in [2.05, 4.69) is 47.7 Å². The van der Waals surface area contributed by atoms with E-state index >= 15 is 0 Å². The molecule has 2 heteroatoms. The fraction of sp³-hybridized carbons (Fsp3) is 0.455. The third-order valence-corrected chi connectivity index (χ3v) is 4.18. The third-order valence-electron chi connectivity index (χ3n) is 2.71. The van der Waals surface area contributed by atoms with Gasteiger partial charge in [0.1, 0.15) is 0 Å². The minimum Gasteiger partial charge on any atom is -0.324 e. The Bertz CT molecular complexity index is 318. The zero-order chi connectivity index (χ0) is 9.42. The molecule has 1 aromatic rings. The van der Waals surface area contributed by atoms with E-state index in [1.807, 2.05) is 0 Å². The second kappa shape index (κ2) is 3.58. The van der Waals surface area contributed by atoms with Crippen LogP contribution in [0.1, 0.15) is 30.0 Å². The van der Waals surface area contributed by atoms with Crippen LogP contribution in [-0.2, 0) is 0 Å². The molecule has 1 unspecified atom stereocenters. The maximum absolute atomic E-state index is 6.17. The van der Waals surface area contributed by atoms with Crippen LogP contribution in [-0.4, -0.2) is 0 Å². The van der Waals surface area contributed by atoms with Gasteiger partial charge >= 0.3 is 0 Å². The molecule has 1 aliphatic carbocycles. The Kier molecular flexibility index (Phi) is 2.60. The maximum Gasteiger partial charge on any atom is 0.0334 e. The van der Waals surface area contributed by atoms with Crippen LogP contribution in [0.25, 0.3) is 0 Å². The molecule has 1 aliphatic rings. The molecular weight excluding hydrogens is 273 g/mol. The van der Waals surface area contributed by atoms with Gasteiger partial charge in [-0.3, -0.25) is 0 Å². The molecule has 1 atom stereocenters. The quantitative estimate of drug-likeness (QED) is 0.831. The molecule has 0 amide bonds. The predicted molar refractivity (Wildman–Crippen MR) is 63.5 cm³/mol. The Morgan fingerprint density at radius 1 is 1.46 bits per heavy atom. The van der Waals surface area contributed by atoms with Crippen LogP contribution in [0.15, 0.2) is 18.2 Å². The van der Waals surface area contributed by atoms with Gasteiger partial charge in [-0.2, -0.15) is 0 Å². The van der Waals surface area contributed by atoms with E-state index in [-0.39, 0.29) is 6.04 Å². The molecule has 0 aliphatic heterocycles. The van der Waals surface area contributed by atoms with Crippen molar-refractivity contribution >= 4 is 22.6 Å². The highest BCUT2D eigenvalue weighted by molar-refractivity contribution is 14.1. The summed E-state index contributed by atoms with van der Waals surface area (Å²) in [5.41, 5.74) is 8.84. The van der Waals surface area contributed by atoms with Gasteiger partial charge in [0.05, 0.1) is 0 Å². The molecule has 1 nitrogen and oxygen atoms in total. The highest BCUT2D eigenvalue weighted by Crippen LogP contribution is 2.40. The van der Waals surface area contributed by atoms with Gasteiger partial charge in [-0.15, -0.1) is 0 Å². The van der Waals surface area contributed by atoms with Gasteiger partial charge in [-0.1, -0.05) is 18.2 Å². The normalized spacial score (nSPS) is 18.7. The predicted octanol–water partition coefficient (Wildman–Crippen LogP) is 3.01. The largest absolute Gasteiger partial charge is 0.324 e. The first-order valence-corrected chi connectivity index (χ1v) is 5.78. The highest BCUT2D eigenvalue weighted by atomic mass is 127. The lowest BCUT2D eigenvalue weighted by Crippen LogP contribution is -2.14. The minimum absolute atomic E-state index is 0.270. The van der Waals surface area contributed by atoms with Crippen molar-refractivity contribution in [3.8, 4) is 0 Å². The van der Waals surface area contributed by atoms with E-state index in [4.69, 9.17) is 5.73 Å². The number of hydrogen-bond acceptors (Lipinski definition) is 1. The fourth-order valence-corrected chi connectivity index (χ4v) is 2.36. The van der Waals surface area contributed by atoms with Gasteiger partial charge in [-0.05, 0) is 59.4 Å². The summed E-state index contributed by atoms with van der Waals surface area (Å²) >= 11 is 2.40. The van der Waals surface area contributed by atoms with Crippen LogP contribution in [0.5, 0.6) is 0 Å². The van der Waals surface area contributed by atoms with E-state index in [0.29, 0.717) is 0 Å². The van der Waals surface area contributed by atoms with E-state index in [1.165, 1.54) is 27.5 Å². The summed E-state index contributed by atoms with van der Waals surface area (Å²) in [6.45, 7) is 2.14. The van der Waals surface area contributed by atoms with Crippen molar-refractivity contribution in [3.63, 3.8) is 0 Å². The first kappa shape index (κ1) is 9.46. The third kappa shape index (κ3) is 1.89. The highest BCUT2D eigenvalue weighted by Gasteiger charge is 2.30. The zero-order valence-electron chi connectivity index (χ0n) is 7.76. The molecule has 13 heavy (non-hydrogen) atoms. The van der Waals surface area contributed by atoms with Crippen molar-refractivity contribution in [2.75, 3.05) is 0 Å². The second-order valence-corrected chi connectivity index (χ2v) is 4.92. The molecule has 70 valence electrons. The van der Waals surface area contributed by atoms with Crippen LogP contribution >= 0.6 is 22.6 Å². The lowest BCUT2D eigenvalue weighted by molar-refractivity contribution is 0.630. The molecule has 0 saturated heterocycles. The second-order valence-electron chi connectivity index (χ2n) is 3.84. The molecule has 1 saturated carbocycles. The maximum atomic E-state index is 6.17. The van der Waals surface area contributed by atoms with Gasteiger partial charge in [0.25, 0.3) is 0 Å². The number of halogens is 1. The number of rotatable bonds is 2. The molecule has 0 spiro atoms. The average molecular weight is 287 g/mol. The van der Waals surface area contributed by atoms with Crippen molar-refractivity contribution in [2.45, 2.75) is 25.8 Å². The molecule has 1 fully saturated rings. The zero-order valence-corrected chi connectivity index (χ0v) is 9.91. The summed E-state index contributed by atoms with van der Waals surface area (Å²) in [6, 6.07) is 6.68. The Morgan fingerprint density at radius 3 is 2.77 bits per heavy atom. The summed E-state index contributed by atoms with van der Waals surface area (Å²) < 4.78 is 1.35. The van der Waals surface area contributed by atoms with Gasteiger partial charge in [0, 0.05) is 9.61 Å². The van der Waals surface area contributed by atoms with E-state index in [1.54, 1.807) is 0 Å². The standard InChI is InChI=1S/C11H14IN/c1-7-3-2-4-9(10(7)12)11(13)8-5-6-8/h2-4,8,11H,5-6,13H2,1H3. The van der Waals surface area contributed by atoms with Gasteiger partial charge in [0.2, 0.25) is 0 Å². The molecular formula is C11H14IN. The Hall–Kier alpha value is -0.0900. The minimum atomic E-state index is 0.270. The smallest absolute Gasteiger partial charge is 0.0334 e. The Balaban J connectivity index is 2.32. The number of hydrogen-bond donors (Lipinski definition) is 1. The molecule has 2 N–H and O–H groups in total. The van der Waals surface area contributed by atoms with Gasteiger partial charge < -0.3 is 5.73 Å². The molecule has 0 bridgehead atoms. The summed E-state index contributed by atoms with van der Waals surface area (Å²) in [4.78, 5) is 0. The fourth-order valence-electron chi connectivity index (χ4n) is 1.64. The van der Waals surface area contributed by atoms with Gasteiger partial charge in [0.15, 0.2) is 0 Å². The van der Waals surface area contributed by atoms with Crippen LogP contribution < -0.4 is 5.73 Å². The monoisotopic (exact) mass is 287 g/mol. The van der Waals surface area contributed by atoms with E-state index in [9.17, 15) is 0 Å². The summed E-state index contributed by atoms with van der Waals surface area (Å²) in [5, 5.41) is 0. The summed E-state index contributed by atoms with van der Waals surface area (Å²) in [6.07, 6.45) is 2.62. The number of nitrogens with two attached hydrogens (primary N) is 1. The van der Waals surface area contributed by atoms with Gasteiger partial charge in [-0.25, -0.2) is 0 Å². The Morgan fingerprint density at radius 2 is 2.15 bits per heavy atom. The van der Waals surface area contributed by atoms with Crippen LogP contribution in [0.3, 0.4) is 0 Å². The van der Waals surface area contributed by atoms with Crippen LogP contribution in [0.4, 0.5) is 0 Å². The van der Waals surface area contributed by atoms with Crippen molar-refractivity contribution in [1.29, 1.82) is 0 Å². The average Bonchev–Trinajstić information content (AvgIpc) is 2.91. The molecule has 2 rings (SSSR count). The van der Waals surface area contributed by atoms with Crippen LogP contribution in [0.2, 0.25) is 0 Å². The lowest BCUT2D eigenvalue weighted by atomic mass is 10.0. The first-order valence-electron chi connectivity index (χ1n) is 4.70. The number of benzene rings is 1. The SMILES string of the molecule is Cc1cccc(C(N)C2CC2)c1I. The van der Waals surface area contributed by atoms with Crippen molar-refractivity contribution in [1.82, 2.24) is 0 Å². The first-order chi connectivity index (χ1) is 6.20. The van der Waals surface area contributed by atoms with Crippen molar-refractivity contribution in [2.24, 2.45) is 11.7 Å². The summed E-state index contributed by atoms with van der Waals surface area (Å²) in [5.74, 6) is 0.746.